The highest BCUT2D eigenvalue weighted by molar-refractivity contribution is 5.92. The van der Waals surface area contributed by atoms with Crippen LogP contribution in [0.1, 0.15) is 46.1 Å². The molecule has 0 radical (unpaired) electrons. The highest BCUT2D eigenvalue weighted by Gasteiger charge is 2.57. The van der Waals surface area contributed by atoms with E-state index in [1.165, 1.54) is 0 Å². The Morgan fingerprint density at radius 2 is 1.35 bits per heavy atom. The number of methoxy groups -OCH3 is 1. The van der Waals surface area contributed by atoms with Crippen LogP contribution in [0.2, 0.25) is 0 Å². The number of amides is 1. The van der Waals surface area contributed by atoms with Gasteiger partial charge in [-0.1, -0.05) is 30.3 Å². The van der Waals surface area contributed by atoms with Crippen molar-refractivity contribution in [2.24, 2.45) is 0 Å². The van der Waals surface area contributed by atoms with Gasteiger partial charge in [0.2, 0.25) is 0 Å². The first-order valence-electron chi connectivity index (χ1n) is 11.5. The predicted octanol–water partition coefficient (Wildman–Crippen LogP) is 0.778. The maximum atomic E-state index is 13.7. The lowest BCUT2D eigenvalue weighted by Crippen LogP contribution is -2.64. The molecule has 0 spiro atoms. The highest BCUT2D eigenvalue weighted by Crippen LogP contribution is 2.38. The summed E-state index contributed by atoms with van der Waals surface area (Å²) in [5.41, 5.74) is -1.33. The Labute approximate surface area is 213 Å². The summed E-state index contributed by atoms with van der Waals surface area (Å²) >= 11 is 0. The van der Waals surface area contributed by atoms with Gasteiger partial charge >= 0.3 is 29.8 Å². The molecular weight excluding hydrogens is 490 g/mol. The van der Waals surface area contributed by atoms with Crippen molar-refractivity contribution in [1.82, 2.24) is 5.32 Å². The van der Waals surface area contributed by atoms with Gasteiger partial charge in [0, 0.05) is 47.0 Å². The van der Waals surface area contributed by atoms with Crippen molar-refractivity contribution < 1.29 is 52.5 Å². The third-order valence-electron chi connectivity index (χ3n) is 5.56. The molecule has 1 fully saturated rings. The second-order valence-electron chi connectivity index (χ2n) is 8.60. The van der Waals surface area contributed by atoms with Crippen LogP contribution < -0.4 is 5.32 Å². The Bertz CT molecular complexity index is 997. The summed E-state index contributed by atoms with van der Waals surface area (Å²) in [5, 5.41) is 2.56. The van der Waals surface area contributed by atoms with Crippen LogP contribution in [0.4, 0.5) is 0 Å². The number of carbonyl (C=O) groups excluding carboxylic acids is 6. The molecule has 0 heterocycles. The van der Waals surface area contributed by atoms with Crippen LogP contribution in [0.3, 0.4) is 0 Å². The molecule has 0 bridgehead atoms. The Kier molecular flexibility index (Phi) is 10.2. The van der Waals surface area contributed by atoms with Crippen molar-refractivity contribution >= 4 is 35.8 Å². The lowest BCUT2D eigenvalue weighted by molar-refractivity contribution is -0.215. The van der Waals surface area contributed by atoms with Gasteiger partial charge in [-0.2, -0.15) is 0 Å². The maximum absolute atomic E-state index is 13.7. The number of benzene rings is 1. The number of nitrogens with one attached hydrogen (secondary N) is 1. The van der Waals surface area contributed by atoms with Gasteiger partial charge in [0.05, 0.1) is 7.11 Å². The molecule has 1 aliphatic carbocycles. The van der Waals surface area contributed by atoms with Gasteiger partial charge in [-0.3, -0.25) is 24.0 Å². The lowest BCUT2D eigenvalue weighted by Gasteiger charge is -2.45. The van der Waals surface area contributed by atoms with Crippen molar-refractivity contribution in [3.8, 4) is 0 Å². The molecule has 202 valence electrons. The van der Waals surface area contributed by atoms with Gasteiger partial charge in [-0.15, -0.1) is 0 Å². The third-order valence-corrected chi connectivity index (χ3v) is 5.56. The van der Waals surface area contributed by atoms with E-state index in [0.717, 1.165) is 34.8 Å². The van der Waals surface area contributed by atoms with E-state index in [9.17, 15) is 28.8 Å². The molecule has 1 aliphatic rings. The second-order valence-corrected chi connectivity index (χ2v) is 8.60. The predicted molar refractivity (Wildman–Crippen MR) is 124 cm³/mol. The van der Waals surface area contributed by atoms with Crippen LogP contribution in [0.15, 0.2) is 30.3 Å². The Hall–Kier alpha value is -3.96. The van der Waals surface area contributed by atoms with Crippen LogP contribution in [-0.4, -0.2) is 72.8 Å². The number of carbonyl (C=O) groups is 6. The van der Waals surface area contributed by atoms with Crippen LogP contribution >= 0.6 is 0 Å². The average Bonchev–Trinajstić information content (AvgIpc) is 2.79. The zero-order valence-corrected chi connectivity index (χ0v) is 21.3. The fourth-order valence-corrected chi connectivity index (χ4v) is 4.26. The molecule has 0 aliphatic heterocycles. The average molecular weight is 522 g/mol. The highest BCUT2D eigenvalue weighted by atomic mass is 16.6. The Balaban J connectivity index is 2.49. The zero-order valence-electron chi connectivity index (χ0n) is 21.3. The normalized spacial score (nSPS) is 23.5. The monoisotopic (exact) mass is 521 g/mol. The first kappa shape index (κ1) is 29.3. The molecular formula is C25H31NO11. The molecule has 0 aromatic heterocycles. The molecule has 12 nitrogen and oxygen atoms in total. The topological polar surface area (TPSA) is 161 Å². The first-order chi connectivity index (χ1) is 17.4. The maximum Gasteiger partial charge on any atom is 0.328 e. The molecule has 1 saturated carbocycles. The van der Waals surface area contributed by atoms with Gasteiger partial charge in [0.25, 0.3) is 5.91 Å². The molecule has 0 saturated heterocycles. The number of rotatable bonds is 9. The summed E-state index contributed by atoms with van der Waals surface area (Å²) in [7, 11) is 1.16. The summed E-state index contributed by atoms with van der Waals surface area (Å²) in [6.07, 6.45) is -4.74. The molecule has 3 atom stereocenters. The van der Waals surface area contributed by atoms with Crippen LogP contribution in [0.5, 0.6) is 0 Å². The van der Waals surface area contributed by atoms with Crippen LogP contribution in [0.25, 0.3) is 0 Å². The molecule has 1 aromatic carbocycles. The van der Waals surface area contributed by atoms with E-state index in [2.05, 4.69) is 5.32 Å². The summed E-state index contributed by atoms with van der Waals surface area (Å²) in [6, 6.07) is 7.64. The first-order valence-corrected chi connectivity index (χ1v) is 11.5. The molecule has 1 aromatic rings. The summed E-state index contributed by atoms with van der Waals surface area (Å²) < 4.78 is 26.2. The number of ether oxygens (including phenoxy) is 5. The van der Waals surface area contributed by atoms with Gasteiger partial charge < -0.3 is 29.0 Å². The summed E-state index contributed by atoms with van der Waals surface area (Å²) in [5.74, 6) is -4.83. The number of hydrogen-bond donors (Lipinski definition) is 1. The smallest absolute Gasteiger partial charge is 0.328 e. The molecule has 12 heteroatoms. The zero-order chi connectivity index (χ0) is 27.8. The third kappa shape index (κ3) is 8.29. The van der Waals surface area contributed by atoms with Crippen molar-refractivity contribution in [2.75, 3.05) is 7.11 Å². The minimum atomic E-state index is -2.05. The van der Waals surface area contributed by atoms with E-state index in [-0.39, 0.29) is 6.42 Å². The van der Waals surface area contributed by atoms with E-state index >= 15 is 0 Å². The molecule has 37 heavy (non-hydrogen) atoms. The number of esters is 5. The van der Waals surface area contributed by atoms with Gasteiger partial charge in [0.15, 0.2) is 11.7 Å². The fourth-order valence-electron chi connectivity index (χ4n) is 4.26. The van der Waals surface area contributed by atoms with Crippen molar-refractivity contribution in [3.63, 3.8) is 0 Å². The Morgan fingerprint density at radius 1 is 0.838 bits per heavy atom. The van der Waals surface area contributed by atoms with E-state index in [1.807, 2.05) is 0 Å². The van der Waals surface area contributed by atoms with Crippen LogP contribution in [-0.2, 0) is 58.9 Å². The molecule has 2 unspecified atom stereocenters. The second kappa shape index (κ2) is 12.8. The minimum Gasteiger partial charge on any atom is -0.467 e. The molecule has 1 amide bonds. The van der Waals surface area contributed by atoms with Crippen molar-refractivity contribution in [1.29, 1.82) is 0 Å². The van der Waals surface area contributed by atoms with E-state index < -0.39 is 78.6 Å². The fraction of sp³-hybridized carbons (Fsp3) is 0.520. The quantitative estimate of drug-likeness (QED) is 0.361. The van der Waals surface area contributed by atoms with Gasteiger partial charge in [-0.25, -0.2) is 4.79 Å². The standard InChI is InChI=1S/C25H31NO11/c1-14(27)34-20-12-25(37-17(4)30,13-21(35-15(2)28)22(20)36-16(3)29)24(32)26-19(23(31)33-5)11-18-9-7-6-8-10-18/h6-10,19-22H,11-13H2,1-5H3,(H,26,32)/t19-,20?,21?,22?,25?/m0/s1. The molecule has 1 N–H and O–H groups in total. The lowest BCUT2D eigenvalue weighted by atomic mass is 9.78. The van der Waals surface area contributed by atoms with E-state index in [0.29, 0.717) is 5.56 Å². The molecule has 2 rings (SSSR count). The van der Waals surface area contributed by atoms with Gasteiger partial charge in [-0.05, 0) is 5.56 Å². The van der Waals surface area contributed by atoms with Crippen molar-refractivity contribution in [2.45, 2.75) is 76.9 Å². The van der Waals surface area contributed by atoms with Crippen LogP contribution in [0, 0.1) is 0 Å². The largest absolute Gasteiger partial charge is 0.467 e. The Morgan fingerprint density at radius 3 is 1.78 bits per heavy atom. The summed E-state index contributed by atoms with van der Waals surface area (Å²) in [4.78, 5) is 73.8. The van der Waals surface area contributed by atoms with E-state index in [4.69, 9.17) is 23.7 Å². The van der Waals surface area contributed by atoms with Gasteiger partial charge in [0.1, 0.15) is 18.2 Å². The SMILES string of the molecule is COC(=O)[C@H](Cc1ccccc1)NC(=O)C1(OC(C)=O)CC(OC(C)=O)C(OC(C)=O)C(OC(C)=O)C1. The minimum absolute atomic E-state index is 0.0617. The summed E-state index contributed by atoms with van der Waals surface area (Å²) in [6.45, 7) is 4.37. The van der Waals surface area contributed by atoms with Crippen molar-refractivity contribution in [3.05, 3.63) is 35.9 Å². The van der Waals surface area contributed by atoms with E-state index in [1.54, 1.807) is 30.3 Å². The number of hydrogen-bond acceptors (Lipinski definition) is 11.